The van der Waals surface area contributed by atoms with E-state index in [4.69, 9.17) is 11.6 Å². The molecule has 0 aliphatic rings. The Morgan fingerprint density at radius 3 is 2.63 bits per heavy atom. The summed E-state index contributed by atoms with van der Waals surface area (Å²) in [4.78, 5) is 4.35. The molecule has 0 bridgehead atoms. The molecule has 0 aliphatic heterocycles. The molecule has 4 nitrogen and oxygen atoms in total. The van der Waals surface area contributed by atoms with E-state index in [9.17, 15) is 0 Å². The van der Waals surface area contributed by atoms with Crippen LogP contribution in [0.25, 0.3) is 5.82 Å². The second-order valence-electron chi connectivity index (χ2n) is 5.01. The zero-order valence-electron chi connectivity index (χ0n) is 11.7. The van der Waals surface area contributed by atoms with Gasteiger partial charge >= 0.3 is 0 Å². The standard InChI is InChI=1S/C14H19ClN4/c1-9(2)16-7-12-6-14(17-8-13(12)15)19-11(4)5-10(3)18-19/h5-6,8-9,16H,7H2,1-4H3. The fraction of sp³-hybridized carbons (Fsp3) is 0.429. The molecule has 0 radical (unpaired) electrons. The van der Waals surface area contributed by atoms with Gasteiger partial charge in [-0.3, -0.25) is 0 Å². The summed E-state index contributed by atoms with van der Waals surface area (Å²) < 4.78 is 1.84. The first-order chi connectivity index (χ1) is 8.97. The molecule has 1 N–H and O–H groups in total. The summed E-state index contributed by atoms with van der Waals surface area (Å²) in [6.45, 7) is 8.93. The maximum atomic E-state index is 6.18. The van der Waals surface area contributed by atoms with E-state index in [1.807, 2.05) is 30.7 Å². The lowest BCUT2D eigenvalue weighted by Crippen LogP contribution is -2.22. The van der Waals surface area contributed by atoms with Crippen molar-refractivity contribution < 1.29 is 0 Å². The molecule has 5 heteroatoms. The van der Waals surface area contributed by atoms with E-state index in [2.05, 4.69) is 29.2 Å². The molecule has 0 saturated heterocycles. The van der Waals surface area contributed by atoms with E-state index in [1.54, 1.807) is 6.20 Å². The zero-order chi connectivity index (χ0) is 14.0. The third-order valence-electron chi connectivity index (χ3n) is 2.85. The van der Waals surface area contributed by atoms with Crippen LogP contribution in [0.4, 0.5) is 0 Å². The number of hydrogen-bond donors (Lipinski definition) is 1. The minimum Gasteiger partial charge on any atom is -0.310 e. The van der Waals surface area contributed by atoms with Gasteiger partial charge in [-0.05, 0) is 31.5 Å². The van der Waals surface area contributed by atoms with Gasteiger partial charge in [0.25, 0.3) is 0 Å². The number of nitrogens with one attached hydrogen (secondary N) is 1. The molecule has 2 aromatic rings. The van der Waals surface area contributed by atoms with E-state index in [-0.39, 0.29) is 0 Å². The van der Waals surface area contributed by atoms with Gasteiger partial charge in [0.15, 0.2) is 5.82 Å². The minimum absolute atomic E-state index is 0.418. The van der Waals surface area contributed by atoms with Gasteiger partial charge in [-0.15, -0.1) is 0 Å². The second kappa shape index (κ2) is 5.72. The average molecular weight is 279 g/mol. The van der Waals surface area contributed by atoms with Crippen molar-refractivity contribution in [2.24, 2.45) is 0 Å². The van der Waals surface area contributed by atoms with Crippen LogP contribution in [0.2, 0.25) is 5.02 Å². The quantitative estimate of drug-likeness (QED) is 0.935. The largest absolute Gasteiger partial charge is 0.310 e. The van der Waals surface area contributed by atoms with Crippen LogP contribution < -0.4 is 5.32 Å². The molecule has 0 saturated carbocycles. The summed E-state index contributed by atoms with van der Waals surface area (Å²) in [5.41, 5.74) is 3.08. The predicted molar refractivity (Wildman–Crippen MR) is 77.8 cm³/mol. The van der Waals surface area contributed by atoms with Gasteiger partial charge in [-0.25, -0.2) is 9.67 Å². The van der Waals surface area contributed by atoms with Gasteiger partial charge in [0.1, 0.15) is 0 Å². The maximum absolute atomic E-state index is 6.18. The number of pyridine rings is 1. The molecule has 2 aromatic heterocycles. The third kappa shape index (κ3) is 3.33. The number of nitrogens with zero attached hydrogens (tertiary/aromatic N) is 3. The lowest BCUT2D eigenvalue weighted by atomic mass is 10.2. The number of aryl methyl sites for hydroxylation is 2. The van der Waals surface area contributed by atoms with Crippen molar-refractivity contribution in [3.8, 4) is 5.82 Å². The number of hydrogen-bond acceptors (Lipinski definition) is 3. The summed E-state index contributed by atoms with van der Waals surface area (Å²) in [6, 6.07) is 4.43. The summed E-state index contributed by atoms with van der Waals surface area (Å²) in [6.07, 6.45) is 1.69. The van der Waals surface area contributed by atoms with Crippen LogP contribution in [-0.2, 0) is 6.54 Å². The molecule has 0 aliphatic carbocycles. The van der Waals surface area contributed by atoms with E-state index < -0.39 is 0 Å². The molecule has 0 unspecified atom stereocenters. The van der Waals surface area contributed by atoms with Crippen molar-refractivity contribution in [2.45, 2.75) is 40.3 Å². The summed E-state index contributed by atoms with van der Waals surface area (Å²) in [7, 11) is 0. The molecule has 0 fully saturated rings. The summed E-state index contributed by atoms with van der Waals surface area (Å²) in [5.74, 6) is 0.801. The monoisotopic (exact) mass is 278 g/mol. The first kappa shape index (κ1) is 14.0. The van der Waals surface area contributed by atoms with Crippen LogP contribution in [0.1, 0.15) is 30.8 Å². The lowest BCUT2D eigenvalue weighted by Gasteiger charge is -2.11. The molecular weight excluding hydrogens is 260 g/mol. The van der Waals surface area contributed by atoms with Crippen molar-refractivity contribution in [1.29, 1.82) is 0 Å². The van der Waals surface area contributed by atoms with Crippen LogP contribution in [0.3, 0.4) is 0 Å². The van der Waals surface area contributed by atoms with Crippen LogP contribution >= 0.6 is 11.6 Å². The van der Waals surface area contributed by atoms with Gasteiger partial charge in [0, 0.05) is 24.5 Å². The number of aromatic nitrogens is 3. The fourth-order valence-electron chi connectivity index (χ4n) is 1.89. The molecule has 0 spiro atoms. The molecular formula is C14H19ClN4. The van der Waals surface area contributed by atoms with Crippen LogP contribution in [0, 0.1) is 13.8 Å². The minimum atomic E-state index is 0.418. The highest BCUT2D eigenvalue weighted by atomic mass is 35.5. The molecule has 2 heterocycles. The van der Waals surface area contributed by atoms with Crippen LogP contribution in [0.5, 0.6) is 0 Å². The molecule has 19 heavy (non-hydrogen) atoms. The Balaban J connectivity index is 2.32. The smallest absolute Gasteiger partial charge is 0.153 e. The van der Waals surface area contributed by atoms with Gasteiger partial charge in [0.2, 0.25) is 0 Å². The van der Waals surface area contributed by atoms with Crippen molar-refractivity contribution in [1.82, 2.24) is 20.1 Å². The Bertz CT molecular complexity index is 575. The summed E-state index contributed by atoms with van der Waals surface area (Å²) in [5, 5.41) is 8.48. The Hall–Kier alpha value is -1.39. The molecule has 0 aromatic carbocycles. The Labute approximate surface area is 118 Å². The van der Waals surface area contributed by atoms with Crippen LogP contribution in [0.15, 0.2) is 18.3 Å². The van der Waals surface area contributed by atoms with Crippen molar-refractivity contribution in [3.05, 3.63) is 40.3 Å². The first-order valence-electron chi connectivity index (χ1n) is 6.39. The molecule has 0 amide bonds. The van der Waals surface area contributed by atoms with E-state index in [0.29, 0.717) is 11.1 Å². The van der Waals surface area contributed by atoms with E-state index in [0.717, 1.165) is 29.3 Å². The lowest BCUT2D eigenvalue weighted by molar-refractivity contribution is 0.588. The highest BCUT2D eigenvalue weighted by molar-refractivity contribution is 6.31. The predicted octanol–water partition coefficient (Wildman–Crippen LogP) is 3.04. The summed E-state index contributed by atoms with van der Waals surface area (Å²) >= 11 is 6.18. The van der Waals surface area contributed by atoms with Gasteiger partial charge < -0.3 is 5.32 Å². The van der Waals surface area contributed by atoms with Crippen molar-refractivity contribution in [2.75, 3.05) is 0 Å². The first-order valence-corrected chi connectivity index (χ1v) is 6.76. The third-order valence-corrected chi connectivity index (χ3v) is 3.19. The van der Waals surface area contributed by atoms with Gasteiger partial charge in [-0.2, -0.15) is 5.10 Å². The Morgan fingerprint density at radius 1 is 1.32 bits per heavy atom. The van der Waals surface area contributed by atoms with Crippen LogP contribution in [-0.4, -0.2) is 20.8 Å². The van der Waals surface area contributed by atoms with E-state index >= 15 is 0 Å². The second-order valence-corrected chi connectivity index (χ2v) is 5.42. The number of halogens is 1. The molecule has 0 atom stereocenters. The highest BCUT2D eigenvalue weighted by Crippen LogP contribution is 2.18. The van der Waals surface area contributed by atoms with Crippen molar-refractivity contribution >= 4 is 11.6 Å². The molecule has 102 valence electrons. The van der Waals surface area contributed by atoms with Gasteiger partial charge in [-0.1, -0.05) is 25.4 Å². The zero-order valence-corrected chi connectivity index (χ0v) is 12.5. The fourth-order valence-corrected chi connectivity index (χ4v) is 2.06. The Kier molecular flexibility index (Phi) is 4.22. The highest BCUT2D eigenvalue weighted by Gasteiger charge is 2.09. The Morgan fingerprint density at radius 2 is 2.05 bits per heavy atom. The van der Waals surface area contributed by atoms with Crippen molar-refractivity contribution in [3.63, 3.8) is 0 Å². The SMILES string of the molecule is Cc1cc(C)n(-c2cc(CNC(C)C)c(Cl)cn2)n1. The number of rotatable bonds is 4. The topological polar surface area (TPSA) is 42.7 Å². The average Bonchev–Trinajstić information content (AvgIpc) is 2.67. The van der Waals surface area contributed by atoms with E-state index in [1.165, 1.54) is 0 Å². The maximum Gasteiger partial charge on any atom is 0.153 e. The molecule has 2 rings (SSSR count). The van der Waals surface area contributed by atoms with Gasteiger partial charge in [0.05, 0.1) is 10.7 Å². The normalized spacial score (nSPS) is 11.3.